The van der Waals surface area contributed by atoms with Gasteiger partial charge in [0.05, 0.1) is 23.3 Å². The molecule has 2 heterocycles. The number of para-hydroxylation sites is 1. The fraction of sp³-hybridized carbons (Fsp3) is 0.476. The lowest BCUT2D eigenvalue weighted by Crippen LogP contribution is -2.49. The second-order valence-corrected chi connectivity index (χ2v) is 7.41. The maximum atomic E-state index is 12.9. The molecule has 1 aromatic carbocycles. The van der Waals surface area contributed by atoms with Crippen molar-refractivity contribution >= 4 is 22.8 Å². The highest BCUT2D eigenvalue weighted by molar-refractivity contribution is 6.05. The van der Waals surface area contributed by atoms with Crippen molar-refractivity contribution in [3.8, 4) is 0 Å². The SMILES string of the molecule is C[C@H]1CN(C(=O)COC(=O)c2c3c(nc4ccccc24)CCC3)C[C@H](C)O1. The summed E-state index contributed by atoms with van der Waals surface area (Å²) >= 11 is 0. The highest BCUT2D eigenvalue weighted by atomic mass is 16.5. The monoisotopic (exact) mass is 368 g/mol. The van der Waals surface area contributed by atoms with Crippen LogP contribution in [0.25, 0.3) is 10.9 Å². The Morgan fingerprint density at radius 2 is 1.93 bits per heavy atom. The number of esters is 1. The molecule has 6 heteroatoms. The fourth-order valence-electron chi connectivity index (χ4n) is 4.12. The van der Waals surface area contributed by atoms with Gasteiger partial charge in [-0.05, 0) is 44.7 Å². The van der Waals surface area contributed by atoms with Gasteiger partial charge < -0.3 is 14.4 Å². The molecule has 1 aliphatic carbocycles. The minimum Gasteiger partial charge on any atom is -0.452 e. The maximum absolute atomic E-state index is 12.9. The van der Waals surface area contributed by atoms with Crippen molar-refractivity contribution in [3.63, 3.8) is 0 Å². The quantitative estimate of drug-likeness (QED) is 0.779. The number of carbonyl (C=O) groups excluding carboxylic acids is 2. The second-order valence-electron chi connectivity index (χ2n) is 7.41. The number of hydrogen-bond acceptors (Lipinski definition) is 5. The molecule has 1 saturated heterocycles. The van der Waals surface area contributed by atoms with Gasteiger partial charge in [-0.25, -0.2) is 4.79 Å². The summed E-state index contributed by atoms with van der Waals surface area (Å²) in [5.74, 6) is -0.616. The standard InChI is InChI=1S/C21H24N2O4/c1-13-10-23(11-14(2)27-13)19(24)12-26-21(25)20-15-6-3-4-8-17(15)22-18-9-5-7-16(18)20/h3-4,6,8,13-14H,5,7,9-12H2,1-2H3/t13-,14-/m0/s1. The highest BCUT2D eigenvalue weighted by Crippen LogP contribution is 2.30. The molecule has 0 spiro atoms. The summed E-state index contributed by atoms with van der Waals surface area (Å²) in [6.45, 7) is 4.68. The number of rotatable bonds is 3. The number of morpholine rings is 1. The molecule has 4 rings (SSSR count). The molecule has 2 atom stereocenters. The predicted molar refractivity (Wildman–Crippen MR) is 101 cm³/mol. The van der Waals surface area contributed by atoms with Crippen LogP contribution in [0.5, 0.6) is 0 Å². The first-order chi connectivity index (χ1) is 13.0. The number of fused-ring (bicyclic) bond motifs is 2. The van der Waals surface area contributed by atoms with E-state index >= 15 is 0 Å². The Morgan fingerprint density at radius 3 is 2.70 bits per heavy atom. The molecule has 0 N–H and O–H groups in total. The van der Waals surface area contributed by atoms with Crippen LogP contribution in [0.15, 0.2) is 24.3 Å². The Hall–Kier alpha value is -2.47. The second kappa shape index (κ2) is 7.27. The van der Waals surface area contributed by atoms with Crippen molar-refractivity contribution in [2.75, 3.05) is 19.7 Å². The predicted octanol–water partition coefficient (Wildman–Crippen LogP) is 2.52. The summed E-state index contributed by atoms with van der Waals surface area (Å²) in [6, 6.07) is 7.61. The third-order valence-electron chi connectivity index (χ3n) is 5.22. The largest absolute Gasteiger partial charge is 0.452 e. The lowest BCUT2D eigenvalue weighted by molar-refractivity contribution is -0.146. The van der Waals surface area contributed by atoms with Crippen LogP contribution in [-0.2, 0) is 27.1 Å². The first kappa shape index (κ1) is 17.9. The molecular formula is C21H24N2O4. The van der Waals surface area contributed by atoms with Gasteiger partial charge in [-0.2, -0.15) is 0 Å². The molecule has 142 valence electrons. The summed E-state index contributed by atoms with van der Waals surface area (Å²) in [4.78, 5) is 31.8. The van der Waals surface area contributed by atoms with Crippen molar-refractivity contribution in [1.29, 1.82) is 0 Å². The van der Waals surface area contributed by atoms with E-state index in [1.807, 2.05) is 38.1 Å². The van der Waals surface area contributed by atoms with E-state index in [0.717, 1.165) is 41.4 Å². The van der Waals surface area contributed by atoms with Crippen LogP contribution in [0.3, 0.4) is 0 Å². The number of hydrogen-bond donors (Lipinski definition) is 0. The van der Waals surface area contributed by atoms with E-state index in [9.17, 15) is 9.59 Å². The van der Waals surface area contributed by atoms with E-state index < -0.39 is 5.97 Å². The molecule has 0 bridgehead atoms. The number of ether oxygens (including phenoxy) is 2. The number of carbonyl (C=O) groups is 2. The Kier molecular flexibility index (Phi) is 4.83. The van der Waals surface area contributed by atoms with E-state index in [1.54, 1.807) is 4.90 Å². The van der Waals surface area contributed by atoms with Crippen LogP contribution in [0.2, 0.25) is 0 Å². The van der Waals surface area contributed by atoms with Crippen LogP contribution in [0, 0.1) is 0 Å². The Balaban J connectivity index is 1.53. The molecule has 27 heavy (non-hydrogen) atoms. The molecule has 0 radical (unpaired) electrons. The van der Waals surface area contributed by atoms with Crippen LogP contribution in [0.4, 0.5) is 0 Å². The molecule has 0 unspecified atom stereocenters. The van der Waals surface area contributed by atoms with Crippen LogP contribution in [0.1, 0.15) is 41.9 Å². The van der Waals surface area contributed by atoms with Gasteiger partial charge in [-0.15, -0.1) is 0 Å². The maximum Gasteiger partial charge on any atom is 0.339 e. The van der Waals surface area contributed by atoms with Gasteiger partial charge in [-0.3, -0.25) is 9.78 Å². The zero-order chi connectivity index (χ0) is 19.0. The molecule has 1 amide bonds. The van der Waals surface area contributed by atoms with Crippen molar-refractivity contribution in [3.05, 3.63) is 41.1 Å². The molecular weight excluding hydrogens is 344 g/mol. The van der Waals surface area contributed by atoms with Gasteiger partial charge in [0.25, 0.3) is 5.91 Å². The fourth-order valence-corrected chi connectivity index (χ4v) is 4.12. The number of nitrogens with zero attached hydrogens (tertiary/aromatic N) is 2. The van der Waals surface area contributed by atoms with Gasteiger partial charge in [-0.1, -0.05) is 18.2 Å². The van der Waals surface area contributed by atoms with Crippen molar-refractivity contribution in [2.24, 2.45) is 0 Å². The number of aryl methyl sites for hydroxylation is 1. The smallest absolute Gasteiger partial charge is 0.339 e. The first-order valence-corrected chi connectivity index (χ1v) is 9.53. The van der Waals surface area contributed by atoms with E-state index in [-0.39, 0.29) is 24.7 Å². The van der Waals surface area contributed by atoms with Gasteiger partial charge in [0.2, 0.25) is 0 Å². The zero-order valence-corrected chi connectivity index (χ0v) is 15.7. The Morgan fingerprint density at radius 1 is 1.19 bits per heavy atom. The average molecular weight is 368 g/mol. The molecule has 1 aromatic heterocycles. The number of amides is 1. The van der Waals surface area contributed by atoms with Crippen LogP contribution < -0.4 is 0 Å². The highest BCUT2D eigenvalue weighted by Gasteiger charge is 2.28. The van der Waals surface area contributed by atoms with E-state index in [1.165, 1.54) is 0 Å². The van der Waals surface area contributed by atoms with Gasteiger partial charge in [0.1, 0.15) is 0 Å². The zero-order valence-electron chi connectivity index (χ0n) is 15.7. The normalized spacial score (nSPS) is 21.9. The van der Waals surface area contributed by atoms with E-state index in [2.05, 4.69) is 4.98 Å². The van der Waals surface area contributed by atoms with Crippen molar-refractivity contribution < 1.29 is 19.1 Å². The summed E-state index contributed by atoms with van der Waals surface area (Å²) in [5.41, 5.74) is 3.32. The molecule has 2 aromatic rings. The molecule has 1 fully saturated rings. The third kappa shape index (κ3) is 3.54. The molecule has 1 aliphatic heterocycles. The third-order valence-corrected chi connectivity index (χ3v) is 5.22. The Labute approximate surface area is 158 Å². The molecule has 0 saturated carbocycles. The van der Waals surface area contributed by atoms with Gasteiger partial charge >= 0.3 is 5.97 Å². The summed E-state index contributed by atoms with van der Waals surface area (Å²) < 4.78 is 11.1. The van der Waals surface area contributed by atoms with Crippen LogP contribution >= 0.6 is 0 Å². The van der Waals surface area contributed by atoms with Crippen molar-refractivity contribution in [1.82, 2.24) is 9.88 Å². The number of pyridine rings is 1. The minimum atomic E-state index is -0.436. The number of benzene rings is 1. The average Bonchev–Trinajstić information content (AvgIpc) is 3.10. The lowest BCUT2D eigenvalue weighted by atomic mass is 10.0. The number of aromatic nitrogens is 1. The lowest BCUT2D eigenvalue weighted by Gasteiger charge is -2.35. The molecule has 2 aliphatic rings. The molecule has 6 nitrogen and oxygen atoms in total. The van der Waals surface area contributed by atoms with Crippen LogP contribution in [-0.4, -0.2) is 53.7 Å². The topological polar surface area (TPSA) is 68.7 Å². The van der Waals surface area contributed by atoms with Gasteiger partial charge in [0, 0.05) is 24.2 Å². The van der Waals surface area contributed by atoms with E-state index in [4.69, 9.17) is 9.47 Å². The summed E-state index contributed by atoms with van der Waals surface area (Å²) in [5, 5.41) is 0.796. The summed E-state index contributed by atoms with van der Waals surface area (Å²) in [6.07, 6.45) is 2.66. The van der Waals surface area contributed by atoms with Crippen molar-refractivity contribution in [2.45, 2.75) is 45.3 Å². The summed E-state index contributed by atoms with van der Waals surface area (Å²) in [7, 11) is 0. The van der Waals surface area contributed by atoms with Gasteiger partial charge in [0.15, 0.2) is 6.61 Å². The first-order valence-electron chi connectivity index (χ1n) is 9.53. The Bertz CT molecular complexity index is 885. The minimum absolute atomic E-state index is 0.0131. The van der Waals surface area contributed by atoms with E-state index in [0.29, 0.717) is 18.7 Å².